The molecule has 4 aliphatic rings. The van der Waals surface area contributed by atoms with E-state index in [1.807, 2.05) is 0 Å². The number of halogens is 4. The van der Waals surface area contributed by atoms with Crippen LogP contribution in [0, 0.1) is 0 Å². The molecule has 0 N–H and O–H groups in total. The minimum absolute atomic E-state index is 0. The van der Waals surface area contributed by atoms with Crippen LogP contribution in [0.2, 0.25) is 0 Å². The van der Waals surface area contributed by atoms with Crippen molar-refractivity contribution in [3.63, 3.8) is 0 Å². The number of rotatable bonds is 21. The number of nitrogens with zero attached hydrogens (tertiary/aromatic N) is 4. The van der Waals surface area contributed by atoms with E-state index in [1.54, 1.807) is 0 Å². The molecule has 0 spiro atoms. The summed E-state index contributed by atoms with van der Waals surface area (Å²) in [6, 6.07) is 13.2. The lowest BCUT2D eigenvalue weighted by molar-refractivity contribution is 0.210. The number of unbranched alkanes of at least 4 members (excludes halogenated alkanes) is 1. The van der Waals surface area contributed by atoms with Crippen molar-refractivity contribution >= 4 is 49.6 Å². The summed E-state index contributed by atoms with van der Waals surface area (Å²) in [5.41, 5.74) is 2.65. The van der Waals surface area contributed by atoms with E-state index in [4.69, 9.17) is 18.9 Å². The SMILES string of the molecule is Cl.Cl.Cl.Cl.c1cc(OCCN2CCCC2)c(OCCN2CCCC2)cc1CCCCc1ccc(OCCN2CCCC2)c(OCCN2CCCC2)c1. The van der Waals surface area contributed by atoms with Gasteiger partial charge in [0.1, 0.15) is 26.4 Å². The smallest absolute Gasteiger partial charge is 0.161 e. The Labute approximate surface area is 339 Å². The van der Waals surface area contributed by atoms with Gasteiger partial charge in [-0.05, 0) is 165 Å². The van der Waals surface area contributed by atoms with E-state index in [0.29, 0.717) is 26.4 Å². The average molecular weight is 809 g/mol. The lowest BCUT2D eigenvalue weighted by atomic mass is 10.0. The molecule has 4 heterocycles. The van der Waals surface area contributed by atoms with Gasteiger partial charge in [-0.1, -0.05) is 12.1 Å². The van der Waals surface area contributed by atoms with Gasteiger partial charge in [0.15, 0.2) is 23.0 Å². The fourth-order valence-electron chi connectivity index (χ4n) is 7.70. The van der Waals surface area contributed by atoms with Crippen LogP contribution in [0.15, 0.2) is 36.4 Å². The van der Waals surface area contributed by atoms with Gasteiger partial charge in [0, 0.05) is 26.2 Å². The van der Waals surface area contributed by atoms with Crippen molar-refractivity contribution in [3.05, 3.63) is 47.5 Å². The Bertz CT molecular complexity index is 1130. The zero-order valence-corrected chi connectivity index (χ0v) is 34.6. The highest BCUT2D eigenvalue weighted by Crippen LogP contribution is 2.31. The Hall–Kier alpha value is -1.36. The molecule has 12 heteroatoms. The molecule has 4 aliphatic heterocycles. The van der Waals surface area contributed by atoms with Crippen LogP contribution >= 0.6 is 49.6 Å². The summed E-state index contributed by atoms with van der Waals surface area (Å²) in [5, 5.41) is 0. The third kappa shape index (κ3) is 15.8. The molecule has 2 aromatic rings. The molecule has 2 aromatic carbocycles. The quantitative estimate of drug-likeness (QED) is 0.118. The van der Waals surface area contributed by atoms with Crippen LogP contribution in [0.3, 0.4) is 0 Å². The molecule has 0 aromatic heterocycles. The van der Waals surface area contributed by atoms with Gasteiger partial charge in [-0.3, -0.25) is 19.6 Å². The molecule has 0 saturated carbocycles. The molecular formula is C40H66Cl4N4O4. The standard InChI is InChI=1S/C40H62N4O4.4ClH/c1(11-35-13-15-37(45-29-25-41-17-3-4-18-41)39(33-35)47-31-27-43-21-7-8-22-43)2-12-36-14-16-38(46-30-26-42-19-5-6-20-42)40(34-36)48-32-28-44-23-9-10-24-44;;;;/h13-16,33-34H,1-12,17-32H2;4*1H. The fraction of sp³-hybridized carbons (Fsp3) is 0.700. The molecule has 0 radical (unpaired) electrons. The van der Waals surface area contributed by atoms with Crippen molar-refractivity contribution in [2.24, 2.45) is 0 Å². The maximum atomic E-state index is 6.37. The molecule has 298 valence electrons. The minimum atomic E-state index is 0. The summed E-state index contributed by atoms with van der Waals surface area (Å²) >= 11 is 0. The third-order valence-electron chi connectivity index (χ3n) is 10.7. The number of hydrogen-bond donors (Lipinski definition) is 0. The van der Waals surface area contributed by atoms with Crippen LogP contribution in [0.4, 0.5) is 0 Å². The zero-order valence-electron chi connectivity index (χ0n) is 31.3. The van der Waals surface area contributed by atoms with E-state index in [-0.39, 0.29) is 49.6 Å². The van der Waals surface area contributed by atoms with Crippen molar-refractivity contribution < 1.29 is 18.9 Å². The summed E-state index contributed by atoms with van der Waals surface area (Å²) in [6.07, 6.45) is 14.8. The van der Waals surface area contributed by atoms with Crippen LogP contribution in [-0.4, -0.2) is 125 Å². The van der Waals surface area contributed by atoms with Gasteiger partial charge in [-0.2, -0.15) is 0 Å². The van der Waals surface area contributed by atoms with Crippen molar-refractivity contribution in [3.8, 4) is 23.0 Å². The van der Waals surface area contributed by atoms with Crippen molar-refractivity contribution in [1.29, 1.82) is 0 Å². The van der Waals surface area contributed by atoms with Crippen LogP contribution in [-0.2, 0) is 12.8 Å². The van der Waals surface area contributed by atoms with E-state index in [1.165, 1.54) is 115 Å². The van der Waals surface area contributed by atoms with Crippen molar-refractivity contribution in [2.45, 2.75) is 77.0 Å². The van der Waals surface area contributed by atoms with E-state index < -0.39 is 0 Å². The molecule has 0 atom stereocenters. The lowest BCUT2D eigenvalue weighted by Gasteiger charge is -2.19. The highest BCUT2D eigenvalue weighted by atomic mass is 35.5. The molecule has 0 unspecified atom stereocenters. The average Bonchev–Trinajstić information content (AvgIpc) is 3.95. The predicted octanol–water partition coefficient (Wildman–Crippen LogP) is 7.84. The highest BCUT2D eigenvalue weighted by molar-refractivity contribution is 5.86. The second-order valence-electron chi connectivity index (χ2n) is 14.4. The second-order valence-corrected chi connectivity index (χ2v) is 14.4. The number of hydrogen-bond acceptors (Lipinski definition) is 8. The third-order valence-corrected chi connectivity index (χ3v) is 10.7. The van der Waals surface area contributed by atoms with E-state index >= 15 is 0 Å². The topological polar surface area (TPSA) is 49.9 Å². The number of ether oxygens (including phenoxy) is 4. The second kappa shape index (κ2) is 26.4. The minimum Gasteiger partial charge on any atom is -0.488 e. The molecule has 6 rings (SSSR count). The van der Waals surface area contributed by atoms with E-state index in [9.17, 15) is 0 Å². The van der Waals surface area contributed by atoms with Crippen LogP contribution in [0.5, 0.6) is 23.0 Å². The van der Waals surface area contributed by atoms with Crippen molar-refractivity contribution in [1.82, 2.24) is 19.6 Å². The van der Waals surface area contributed by atoms with Gasteiger partial charge >= 0.3 is 0 Å². The monoisotopic (exact) mass is 806 g/mol. The summed E-state index contributed by atoms with van der Waals surface area (Å²) in [5.74, 6) is 3.59. The molecule has 0 amide bonds. The van der Waals surface area contributed by atoms with Gasteiger partial charge in [0.25, 0.3) is 0 Å². The molecular weight excluding hydrogens is 742 g/mol. The zero-order chi connectivity index (χ0) is 32.6. The maximum absolute atomic E-state index is 6.37. The van der Waals surface area contributed by atoms with E-state index in [0.717, 1.165) is 74.9 Å². The molecule has 4 saturated heterocycles. The Morgan fingerprint density at radius 1 is 0.365 bits per heavy atom. The number of likely N-dealkylation sites (tertiary alicyclic amines) is 4. The molecule has 0 bridgehead atoms. The first kappa shape index (κ1) is 46.8. The van der Waals surface area contributed by atoms with Crippen LogP contribution in [0.25, 0.3) is 0 Å². The normalized spacial score (nSPS) is 17.9. The molecule has 8 nitrogen and oxygen atoms in total. The van der Waals surface area contributed by atoms with Crippen LogP contribution in [0.1, 0.15) is 75.3 Å². The first-order chi connectivity index (χ1) is 23.8. The number of benzene rings is 2. The Kier molecular flexibility index (Phi) is 23.8. The maximum Gasteiger partial charge on any atom is 0.161 e. The molecule has 0 aliphatic carbocycles. The van der Waals surface area contributed by atoms with Gasteiger partial charge in [0.2, 0.25) is 0 Å². The summed E-state index contributed by atoms with van der Waals surface area (Å²) < 4.78 is 25.3. The fourth-order valence-corrected chi connectivity index (χ4v) is 7.70. The molecule has 52 heavy (non-hydrogen) atoms. The van der Waals surface area contributed by atoms with Gasteiger partial charge < -0.3 is 18.9 Å². The van der Waals surface area contributed by atoms with E-state index in [2.05, 4.69) is 56.0 Å². The highest BCUT2D eigenvalue weighted by Gasteiger charge is 2.16. The molecule has 4 fully saturated rings. The van der Waals surface area contributed by atoms with Crippen molar-refractivity contribution in [2.75, 3.05) is 105 Å². The van der Waals surface area contributed by atoms with Crippen LogP contribution < -0.4 is 18.9 Å². The summed E-state index contributed by atoms with van der Waals surface area (Å²) in [6.45, 7) is 16.4. The van der Waals surface area contributed by atoms with Gasteiger partial charge in [-0.25, -0.2) is 0 Å². The first-order valence-corrected chi connectivity index (χ1v) is 19.4. The number of aryl methyl sites for hydroxylation is 2. The Balaban J connectivity index is 0.00000234. The first-order valence-electron chi connectivity index (χ1n) is 19.4. The summed E-state index contributed by atoms with van der Waals surface area (Å²) in [7, 11) is 0. The predicted molar refractivity (Wildman–Crippen MR) is 223 cm³/mol. The Morgan fingerprint density at radius 3 is 0.923 bits per heavy atom. The Morgan fingerprint density at radius 2 is 0.635 bits per heavy atom. The largest absolute Gasteiger partial charge is 0.488 e. The van der Waals surface area contributed by atoms with Gasteiger partial charge in [-0.15, -0.1) is 49.6 Å². The van der Waals surface area contributed by atoms with Gasteiger partial charge in [0.05, 0.1) is 0 Å². The summed E-state index contributed by atoms with van der Waals surface area (Å²) in [4.78, 5) is 10.0. The lowest BCUT2D eigenvalue weighted by Crippen LogP contribution is -2.26.